The third-order valence-electron chi connectivity index (χ3n) is 6.27. The molecule has 0 aliphatic carbocycles. The van der Waals surface area contributed by atoms with Gasteiger partial charge in [0.25, 0.3) is 0 Å². The van der Waals surface area contributed by atoms with Gasteiger partial charge in [0.2, 0.25) is 0 Å². The molecule has 1 aromatic heterocycles. The lowest BCUT2D eigenvalue weighted by Gasteiger charge is -2.12. The Morgan fingerprint density at radius 1 is 0.706 bits per heavy atom. The lowest BCUT2D eigenvalue weighted by molar-refractivity contribution is 0.199. The quantitative estimate of drug-likeness (QED) is 0.191. The number of nitrogens with zero attached hydrogens (tertiary/aromatic N) is 2. The second-order valence-corrected chi connectivity index (χ2v) is 9.36. The van der Waals surface area contributed by atoms with Crippen molar-refractivity contribution < 1.29 is 13.5 Å². The largest absolute Gasteiger partial charge is 0.490 e. The Hall–Kier alpha value is -2.04. The van der Waals surface area contributed by atoms with Gasteiger partial charge in [0.15, 0.2) is 11.6 Å². The predicted octanol–water partition coefficient (Wildman–Crippen LogP) is 8.85. The molecule has 1 heterocycles. The highest BCUT2D eigenvalue weighted by atomic mass is 19.1. The second kappa shape index (κ2) is 17.4. The highest BCUT2D eigenvalue weighted by Gasteiger charge is 2.12. The maximum atomic E-state index is 14.0. The number of alkyl halides is 2. The fourth-order valence-corrected chi connectivity index (χ4v) is 4.04. The van der Waals surface area contributed by atoms with Crippen molar-refractivity contribution in [2.75, 3.05) is 6.61 Å². The molecular formula is C29H44F2N2O. The van der Waals surface area contributed by atoms with E-state index in [1.807, 2.05) is 0 Å². The van der Waals surface area contributed by atoms with Crippen molar-refractivity contribution in [1.29, 1.82) is 0 Å². The van der Waals surface area contributed by atoms with Gasteiger partial charge in [0, 0.05) is 12.0 Å². The molecule has 2 unspecified atom stereocenters. The first-order chi connectivity index (χ1) is 16.6. The SMILES string of the molecule is CCCCCCCCc1ccc(-c2ncc(OCCC(F)CCC(F)CCCCC)cn2)cc1. The molecule has 1 aromatic carbocycles. The lowest BCUT2D eigenvalue weighted by Crippen LogP contribution is -2.11. The van der Waals surface area contributed by atoms with Crippen molar-refractivity contribution >= 4 is 0 Å². The van der Waals surface area contributed by atoms with Crippen LogP contribution in [0.4, 0.5) is 8.78 Å². The number of hydrogen-bond donors (Lipinski definition) is 0. The molecule has 34 heavy (non-hydrogen) atoms. The maximum Gasteiger partial charge on any atom is 0.159 e. The van der Waals surface area contributed by atoms with E-state index in [9.17, 15) is 8.78 Å². The Bertz CT molecular complexity index is 752. The third kappa shape index (κ3) is 11.9. The number of aryl methyl sites for hydroxylation is 1. The molecule has 0 radical (unpaired) electrons. The van der Waals surface area contributed by atoms with Gasteiger partial charge in [0.1, 0.15) is 12.3 Å². The number of halogens is 2. The van der Waals surface area contributed by atoms with Crippen LogP contribution in [0, 0.1) is 0 Å². The van der Waals surface area contributed by atoms with Crippen LogP contribution < -0.4 is 4.74 Å². The monoisotopic (exact) mass is 474 g/mol. The van der Waals surface area contributed by atoms with Crippen LogP contribution in [0.2, 0.25) is 0 Å². The molecule has 0 spiro atoms. The number of benzene rings is 1. The molecule has 0 saturated carbocycles. The standard InChI is InChI=1S/C29H44F2N2O/c1-3-5-7-8-9-11-12-24-14-16-25(17-15-24)29-32-22-28(23-33-29)34-21-20-27(31)19-18-26(30)13-10-6-4-2/h14-17,22-23,26-27H,3-13,18-21H2,1-2H3. The van der Waals surface area contributed by atoms with Gasteiger partial charge < -0.3 is 4.74 Å². The van der Waals surface area contributed by atoms with E-state index in [0.717, 1.165) is 31.2 Å². The zero-order valence-corrected chi connectivity index (χ0v) is 21.3. The van der Waals surface area contributed by atoms with Gasteiger partial charge in [-0.15, -0.1) is 0 Å². The summed E-state index contributed by atoms with van der Waals surface area (Å²) < 4.78 is 33.4. The average molecular weight is 475 g/mol. The van der Waals surface area contributed by atoms with Crippen molar-refractivity contribution in [2.24, 2.45) is 0 Å². The van der Waals surface area contributed by atoms with E-state index in [1.54, 1.807) is 12.4 Å². The van der Waals surface area contributed by atoms with Crippen molar-refractivity contribution in [2.45, 2.75) is 116 Å². The van der Waals surface area contributed by atoms with Gasteiger partial charge in [-0.05, 0) is 37.7 Å². The molecule has 0 aliphatic heterocycles. The topological polar surface area (TPSA) is 35.0 Å². The Kier molecular flexibility index (Phi) is 14.4. The molecule has 0 amide bonds. The highest BCUT2D eigenvalue weighted by molar-refractivity contribution is 5.55. The fourth-order valence-electron chi connectivity index (χ4n) is 4.04. The van der Waals surface area contributed by atoms with Crippen molar-refractivity contribution in [3.63, 3.8) is 0 Å². The zero-order chi connectivity index (χ0) is 24.4. The van der Waals surface area contributed by atoms with E-state index in [1.165, 1.54) is 44.1 Å². The summed E-state index contributed by atoms with van der Waals surface area (Å²) in [6, 6.07) is 8.44. The van der Waals surface area contributed by atoms with Gasteiger partial charge in [0.05, 0.1) is 19.0 Å². The van der Waals surface area contributed by atoms with Crippen LogP contribution in [0.1, 0.15) is 103 Å². The van der Waals surface area contributed by atoms with Crippen molar-refractivity contribution in [1.82, 2.24) is 9.97 Å². The number of ether oxygens (including phenoxy) is 1. The lowest BCUT2D eigenvalue weighted by atomic mass is 10.0. The zero-order valence-electron chi connectivity index (χ0n) is 21.3. The summed E-state index contributed by atoms with van der Waals surface area (Å²) in [5, 5.41) is 0. The predicted molar refractivity (Wildman–Crippen MR) is 138 cm³/mol. The van der Waals surface area contributed by atoms with Crippen molar-refractivity contribution in [3.05, 3.63) is 42.2 Å². The molecule has 2 aromatic rings. The van der Waals surface area contributed by atoms with Crippen LogP contribution in [-0.4, -0.2) is 28.9 Å². The minimum atomic E-state index is -1.04. The summed E-state index contributed by atoms with van der Waals surface area (Å²) in [5.41, 5.74) is 2.32. The summed E-state index contributed by atoms with van der Waals surface area (Å²) in [6.45, 7) is 4.58. The summed E-state index contributed by atoms with van der Waals surface area (Å²) >= 11 is 0. The molecule has 0 saturated heterocycles. The summed E-state index contributed by atoms with van der Waals surface area (Å²) in [4.78, 5) is 8.79. The molecule has 0 N–H and O–H groups in total. The molecule has 190 valence electrons. The van der Waals surface area contributed by atoms with Crippen LogP contribution in [0.5, 0.6) is 5.75 Å². The Balaban J connectivity index is 1.65. The molecular weight excluding hydrogens is 430 g/mol. The van der Waals surface area contributed by atoms with E-state index in [4.69, 9.17) is 4.74 Å². The molecule has 3 nitrogen and oxygen atoms in total. The highest BCUT2D eigenvalue weighted by Crippen LogP contribution is 2.20. The van der Waals surface area contributed by atoms with Gasteiger partial charge in [-0.2, -0.15) is 0 Å². The minimum absolute atomic E-state index is 0.240. The average Bonchev–Trinajstić information content (AvgIpc) is 2.86. The molecule has 0 fully saturated rings. The van der Waals surface area contributed by atoms with Gasteiger partial charge in [-0.1, -0.05) is 89.5 Å². The number of hydrogen-bond acceptors (Lipinski definition) is 3. The second-order valence-electron chi connectivity index (χ2n) is 9.36. The van der Waals surface area contributed by atoms with Gasteiger partial charge in [-0.3, -0.25) is 0 Å². The molecule has 5 heteroatoms. The molecule has 2 atom stereocenters. The smallest absolute Gasteiger partial charge is 0.159 e. The van der Waals surface area contributed by atoms with E-state index < -0.39 is 12.3 Å². The van der Waals surface area contributed by atoms with Crippen LogP contribution in [0.3, 0.4) is 0 Å². The fraction of sp³-hybridized carbons (Fsp3) is 0.655. The first-order valence-electron chi connectivity index (χ1n) is 13.4. The van der Waals surface area contributed by atoms with E-state index >= 15 is 0 Å². The third-order valence-corrected chi connectivity index (χ3v) is 6.27. The Morgan fingerprint density at radius 2 is 1.29 bits per heavy atom. The van der Waals surface area contributed by atoms with Crippen LogP contribution >= 0.6 is 0 Å². The molecule has 0 bridgehead atoms. The first kappa shape index (κ1) is 28.2. The van der Waals surface area contributed by atoms with Gasteiger partial charge in [-0.25, -0.2) is 18.7 Å². The van der Waals surface area contributed by atoms with Crippen LogP contribution in [0.15, 0.2) is 36.7 Å². The maximum absolute atomic E-state index is 14.0. The molecule has 2 rings (SSSR count). The normalized spacial score (nSPS) is 13.1. The van der Waals surface area contributed by atoms with Crippen molar-refractivity contribution in [3.8, 4) is 17.1 Å². The van der Waals surface area contributed by atoms with E-state index in [2.05, 4.69) is 48.1 Å². The number of rotatable bonds is 19. The van der Waals surface area contributed by atoms with E-state index in [-0.39, 0.29) is 19.4 Å². The van der Waals surface area contributed by atoms with Crippen LogP contribution in [0.25, 0.3) is 11.4 Å². The number of unbranched alkanes of at least 4 members (excludes halogenated alkanes) is 7. The summed E-state index contributed by atoms with van der Waals surface area (Å²) in [6.07, 6.45) is 14.6. The first-order valence-corrected chi connectivity index (χ1v) is 13.4. The Morgan fingerprint density at radius 3 is 1.97 bits per heavy atom. The summed E-state index contributed by atoms with van der Waals surface area (Å²) in [5.74, 6) is 1.18. The van der Waals surface area contributed by atoms with Gasteiger partial charge >= 0.3 is 0 Å². The van der Waals surface area contributed by atoms with E-state index in [0.29, 0.717) is 24.4 Å². The minimum Gasteiger partial charge on any atom is -0.490 e. The Labute approximate surface area is 205 Å². The van der Waals surface area contributed by atoms with Crippen LogP contribution in [-0.2, 0) is 6.42 Å². The number of aromatic nitrogens is 2. The summed E-state index contributed by atoms with van der Waals surface area (Å²) in [7, 11) is 0. The molecule has 0 aliphatic rings.